The third-order valence-corrected chi connectivity index (χ3v) is 4.38. The van der Waals surface area contributed by atoms with Crippen LogP contribution in [0.25, 0.3) is 0 Å². The van der Waals surface area contributed by atoms with Crippen molar-refractivity contribution in [3.8, 4) is 11.5 Å². The second-order valence-corrected chi connectivity index (χ2v) is 5.88. The minimum atomic E-state index is -0.329. The van der Waals surface area contributed by atoms with E-state index in [-0.39, 0.29) is 12.7 Å². The summed E-state index contributed by atoms with van der Waals surface area (Å²) in [4.78, 5) is 12.4. The maximum atomic E-state index is 12.4. The summed E-state index contributed by atoms with van der Waals surface area (Å²) in [6, 6.07) is 8.33. The standard InChI is InChI=1S/C14H8BrCl2NO3/c15-8-5-12-11(20-6-21-12)4-7(8)14(19)18-10-3-1-2-9(16)13(10)17/h1-5H,6H2,(H,18,19). The van der Waals surface area contributed by atoms with E-state index in [2.05, 4.69) is 21.2 Å². The Bertz CT molecular complexity index is 736. The molecule has 0 aliphatic carbocycles. The van der Waals surface area contributed by atoms with Crippen LogP contribution in [0.3, 0.4) is 0 Å². The fraction of sp³-hybridized carbons (Fsp3) is 0.0714. The van der Waals surface area contributed by atoms with E-state index in [1.807, 2.05) is 0 Å². The van der Waals surface area contributed by atoms with Gasteiger partial charge in [-0.1, -0.05) is 29.3 Å². The topological polar surface area (TPSA) is 47.6 Å². The van der Waals surface area contributed by atoms with E-state index >= 15 is 0 Å². The van der Waals surface area contributed by atoms with Gasteiger partial charge in [0.1, 0.15) is 0 Å². The molecule has 7 heteroatoms. The number of hydrogen-bond acceptors (Lipinski definition) is 3. The predicted octanol–water partition coefficient (Wildman–Crippen LogP) is 4.74. The van der Waals surface area contributed by atoms with E-state index in [1.54, 1.807) is 30.3 Å². The maximum Gasteiger partial charge on any atom is 0.256 e. The number of nitrogens with one attached hydrogen (secondary N) is 1. The molecule has 1 amide bonds. The molecule has 0 atom stereocenters. The summed E-state index contributed by atoms with van der Waals surface area (Å²) in [5.41, 5.74) is 0.856. The Kier molecular flexibility index (Phi) is 3.97. The van der Waals surface area contributed by atoms with Crippen LogP contribution in [-0.4, -0.2) is 12.7 Å². The van der Waals surface area contributed by atoms with Crippen LogP contribution in [0.15, 0.2) is 34.8 Å². The number of amides is 1. The smallest absolute Gasteiger partial charge is 0.256 e. The summed E-state index contributed by atoms with van der Waals surface area (Å²) >= 11 is 15.3. The molecule has 2 aromatic rings. The van der Waals surface area contributed by atoms with Crippen molar-refractivity contribution in [3.05, 3.63) is 50.4 Å². The van der Waals surface area contributed by atoms with Gasteiger partial charge in [0.15, 0.2) is 11.5 Å². The van der Waals surface area contributed by atoms with Crippen molar-refractivity contribution < 1.29 is 14.3 Å². The average Bonchev–Trinajstić information content (AvgIpc) is 2.90. The van der Waals surface area contributed by atoms with Gasteiger partial charge < -0.3 is 14.8 Å². The lowest BCUT2D eigenvalue weighted by Gasteiger charge is -2.10. The third kappa shape index (κ3) is 2.81. The highest BCUT2D eigenvalue weighted by molar-refractivity contribution is 9.10. The van der Waals surface area contributed by atoms with Gasteiger partial charge in [-0.2, -0.15) is 0 Å². The van der Waals surface area contributed by atoms with Crippen LogP contribution in [0.2, 0.25) is 10.0 Å². The number of ether oxygens (including phenoxy) is 2. The quantitative estimate of drug-likeness (QED) is 0.808. The van der Waals surface area contributed by atoms with Crippen molar-refractivity contribution in [3.63, 3.8) is 0 Å². The summed E-state index contributed by atoms with van der Waals surface area (Å²) in [5.74, 6) is 0.795. The lowest BCUT2D eigenvalue weighted by Crippen LogP contribution is -2.13. The first-order valence-corrected chi connectivity index (χ1v) is 7.45. The molecule has 0 aromatic heterocycles. The molecule has 1 heterocycles. The first-order chi connectivity index (χ1) is 10.1. The largest absolute Gasteiger partial charge is 0.454 e. The summed E-state index contributed by atoms with van der Waals surface area (Å²) in [6.45, 7) is 0.146. The number of carbonyl (C=O) groups excluding carboxylic acids is 1. The zero-order valence-corrected chi connectivity index (χ0v) is 13.6. The minimum absolute atomic E-state index is 0.146. The number of hydrogen-bond donors (Lipinski definition) is 1. The average molecular weight is 389 g/mol. The first-order valence-electron chi connectivity index (χ1n) is 5.91. The minimum Gasteiger partial charge on any atom is -0.454 e. The molecule has 21 heavy (non-hydrogen) atoms. The normalized spacial score (nSPS) is 12.3. The molecule has 108 valence electrons. The van der Waals surface area contributed by atoms with E-state index in [0.717, 1.165) is 0 Å². The van der Waals surface area contributed by atoms with Gasteiger partial charge in [-0.15, -0.1) is 0 Å². The first kappa shape index (κ1) is 14.5. The number of benzene rings is 2. The zero-order valence-electron chi connectivity index (χ0n) is 10.5. The Balaban J connectivity index is 1.91. The summed E-state index contributed by atoms with van der Waals surface area (Å²) in [6.07, 6.45) is 0. The van der Waals surface area contributed by atoms with Gasteiger partial charge in [0.05, 0.1) is 21.3 Å². The SMILES string of the molecule is O=C(Nc1cccc(Cl)c1Cl)c1cc2c(cc1Br)OCO2. The molecule has 0 unspecified atom stereocenters. The van der Waals surface area contributed by atoms with E-state index in [4.69, 9.17) is 32.7 Å². The lowest BCUT2D eigenvalue weighted by molar-refractivity contribution is 0.102. The third-order valence-electron chi connectivity index (χ3n) is 2.91. The van der Waals surface area contributed by atoms with Crippen LogP contribution < -0.4 is 14.8 Å². The number of anilines is 1. The van der Waals surface area contributed by atoms with Gasteiger partial charge in [-0.3, -0.25) is 4.79 Å². The summed E-state index contributed by atoms with van der Waals surface area (Å²) < 4.78 is 11.1. The van der Waals surface area contributed by atoms with Crippen molar-refractivity contribution >= 4 is 50.7 Å². The Morgan fingerprint density at radius 1 is 1.19 bits per heavy atom. The van der Waals surface area contributed by atoms with Crippen LogP contribution >= 0.6 is 39.1 Å². The Morgan fingerprint density at radius 3 is 2.67 bits per heavy atom. The molecular formula is C14H8BrCl2NO3. The van der Waals surface area contributed by atoms with Crippen LogP contribution in [0, 0.1) is 0 Å². The van der Waals surface area contributed by atoms with E-state index in [9.17, 15) is 4.79 Å². The van der Waals surface area contributed by atoms with Crippen molar-refractivity contribution in [1.29, 1.82) is 0 Å². The number of rotatable bonds is 2. The van der Waals surface area contributed by atoms with Gasteiger partial charge in [0.2, 0.25) is 6.79 Å². The Hall–Kier alpha value is -1.43. The molecule has 0 fully saturated rings. The van der Waals surface area contributed by atoms with Gasteiger partial charge in [-0.25, -0.2) is 0 Å². The van der Waals surface area contributed by atoms with Crippen molar-refractivity contribution in [2.24, 2.45) is 0 Å². The highest BCUT2D eigenvalue weighted by Gasteiger charge is 2.20. The van der Waals surface area contributed by atoms with E-state index in [0.29, 0.717) is 37.3 Å². The number of halogens is 3. The molecule has 0 saturated heterocycles. The predicted molar refractivity (Wildman–Crippen MR) is 84.7 cm³/mol. The van der Waals surface area contributed by atoms with Crippen LogP contribution in [0.4, 0.5) is 5.69 Å². The van der Waals surface area contributed by atoms with Crippen molar-refractivity contribution in [2.75, 3.05) is 12.1 Å². The highest BCUT2D eigenvalue weighted by Crippen LogP contribution is 2.37. The van der Waals surface area contributed by atoms with Gasteiger partial charge in [-0.05, 0) is 40.2 Å². The molecule has 4 nitrogen and oxygen atoms in total. The molecule has 0 saturated carbocycles. The zero-order chi connectivity index (χ0) is 15.0. The Morgan fingerprint density at radius 2 is 1.90 bits per heavy atom. The second-order valence-electron chi connectivity index (χ2n) is 4.24. The number of carbonyl (C=O) groups is 1. The van der Waals surface area contributed by atoms with Gasteiger partial charge in [0, 0.05) is 4.47 Å². The summed E-state index contributed by atoms with van der Waals surface area (Å²) in [7, 11) is 0. The lowest BCUT2D eigenvalue weighted by atomic mass is 10.2. The summed E-state index contributed by atoms with van der Waals surface area (Å²) in [5, 5.41) is 3.39. The Labute approximate surface area is 139 Å². The monoisotopic (exact) mass is 387 g/mol. The second kappa shape index (κ2) is 5.75. The molecule has 2 aromatic carbocycles. The molecular weight excluding hydrogens is 381 g/mol. The molecule has 1 aliphatic rings. The molecule has 1 N–H and O–H groups in total. The molecule has 0 radical (unpaired) electrons. The fourth-order valence-electron chi connectivity index (χ4n) is 1.88. The van der Waals surface area contributed by atoms with Crippen molar-refractivity contribution in [1.82, 2.24) is 0 Å². The van der Waals surface area contributed by atoms with Crippen molar-refractivity contribution in [2.45, 2.75) is 0 Å². The van der Waals surface area contributed by atoms with E-state index < -0.39 is 0 Å². The molecule has 0 spiro atoms. The maximum absolute atomic E-state index is 12.4. The van der Waals surface area contributed by atoms with Crippen LogP contribution in [0.1, 0.15) is 10.4 Å². The molecule has 0 bridgehead atoms. The van der Waals surface area contributed by atoms with Crippen LogP contribution in [0.5, 0.6) is 11.5 Å². The van der Waals surface area contributed by atoms with Gasteiger partial charge in [0.25, 0.3) is 5.91 Å². The number of fused-ring (bicyclic) bond motifs is 1. The van der Waals surface area contributed by atoms with E-state index in [1.165, 1.54) is 0 Å². The molecule has 1 aliphatic heterocycles. The van der Waals surface area contributed by atoms with Crippen LogP contribution in [-0.2, 0) is 0 Å². The molecule has 3 rings (SSSR count). The fourth-order valence-corrected chi connectivity index (χ4v) is 2.73. The van der Waals surface area contributed by atoms with Gasteiger partial charge >= 0.3 is 0 Å². The highest BCUT2D eigenvalue weighted by atomic mass is 79.9.